The van der Waals surface area contributed by atoms with E-state index in [0.29, 0.717) is 10.8 Å². The molecule has 0 atom stereocenters. The number of fused-ring (bicyclic) bond motifs is 1. The SMILES string of the molecule is Cc1cccc(C(C)C)c1NC(=O)COC(=O)CSc1nc2ccccc2o1. The van der Waals surface area contributed by atoms with Gasteiger partial charge in [-0.3, -0.25) is 9.59 Å². The Hall–Kier alpha value is -2.80. The molecule has 7 heteroatoms. The number of rotatable bonds is 7. The standard InChI is InChI=1S/C21H22N2O4S/c1-13(2)15-8-6-7-14(3)20(15)23-18(24)11-26-19(25)12-28-21-22-16-9-4-5-10-17(16)27-21/h4-10,13H,11-12H2,1-3H3,(H,23,24). The number of carbonyl (C=O) groups excluding carboxylic acids is 2. The first-order chi connectivity index (χ1) is 13.4. The van der Waals surface area contributed by atoms with E-state index in [9.17, 15) is 9.59 Å². The van der Waals surface area contributed by atoms with Gasteiger partial charge in [0.15, 0.2) is 12.2 Å². The first-order valence-electron chi connectivity index (χ1n) is 8.97. The summed E-state index contributed by atoms with van der Waals surface area (Å²) in [4.78, 5) is 28.4. The van der Waals surface area contributed by atoms with Gasteiger partial charge in [0.2, 0.25) is 0 Å². The number of benzene rings is 2. The van der Waals surface area contributed by atoms with E-state index in [4.69, 9.17) is 9.15 Å². The number of nitrogens with one attached hydrogen (secondary N) is 1. The molecule has 1 aromatic heterocycles. The molecule has 1 heterocycles. The molecule has 0 saturated carbocycles. The molecular weight excluding hydrogens is 376 g/mol. The Balaban J connectivity index is 1.50. The number of oxazole rings is 1. The number of nitrogens with zero attached hydrogens (tertiary/aromatic N) is 1. The molecule has 0 unspecified atom stereocenters. The van der Waals surface area contributed by atoms with Crippen LogP contribution in [0.2, 0.25) is 0 Å². The van der Waals surface area contributed by atoms with Crippen LogP contribution in [0.15, 0.2) is 52.1 Å². The van der Waals surface area contributed by atoms with Crippen LogP contribution < -0.4 is 5.32 Å². The summed E-state index contributed by atoms with van der Waals surface area (Å²) in [5, 5.41) is 3.25. The highest BCUT2D eigenvalue weighted by Gasteiger charge is 2.15. The molecule has 1 amide bonds. The molecular formula is C21H22N2O4S. The largest absolute Gasteiger partial charge is 0.455 e. The Bertz CT molecular complexity index is 964. The van der Waals surface area contributed by atoms with Gasteiger partial charge >= 0.3 is 5.97 Å². The van der Waals surface area contributed by atoms with E-state index in [0.717, 1.165) is 34.1 Å². The lowest BCUT2D eigenvalue weighted by Gasteiger charge is -2.16. The Morgan fingerprint density at radius 2 is 1.96 bits per heavy atom. The van der Waals surface area contributed by atoms with Gasteiger partial charge in [-0.05, 0) is 36.1 Å². The van der Waals surface area contributed by atoms with Crippen molar-refractivity contribution in [1.29, 1.82) is 0 Å². The van der Waals surface area contributed by atoms with Gasteiger partial charge < -0.3 is 14.5 Å². The summed E-state index contributed by atoms with van der Waals surface area (Å²) >= 11 is 1.13. The fraction of sp³-hybridized carbons (Fsp3) is 0.286. The van der Waals surface area contributed by atoms with Crippen molar-refractivity contribution in [2.24, 2.45) is 0 Å². The summed E-state index contributed by atoms with van der Waals surface area (Å²) in [5.41, 5.74) is 4.19. The van der Waals surface area contributed by atoms with Crippen LogP contribution in [0.25, 0.3) is 11.1 Å². The molecule has 0 fully saturated rings. The monoisotopic (exact) mass is 398 g/mol. The Morgan fingerprint density at radius 3 is 2.71 bits per heavy atom. The van der Waals surface area contributed by atoms with Crippen molar-refractivity contribution in [3.63, 3.8) is 0 Å². The van der Waals surface area contributed by atoms with Crippen molar-refractivity contribution < 1.29 is 18.7 Å². The molecule has 6 nitrogen and oxygen atoms in total. The highest BCUT2D eigenvalue weighted by Crippen LogP contribution is 2.27. The molecule has 0 saturated heterocycles. The van der Waals surface area contributed by atoms with Gasteiger partial charge in [0, 0.05) is 5.69 Å². The number of para-hydroxylation sites is 3. The molecule has 3 rings (SSSR count). The molecule has 146 valence electrons. The van der Waals surface area contributed by atoms with E-state index in [-0.39, 0.29) is 24.2 Å². The van der Waals surface area contributed by atoms with Crippen LogP contribution >= 0.6 is 11.8 Å². The minimum atomic E-state index is -0.503. The van der Waals surface area contributed by atoms with E-state index in [2.05, 4.69) is 24.1 Å². The minimum absolute atomic E-state index is 0.0156. The van der Waals surface area contributed by atoms with Gasteiger partial charge in [-0.25, -0.2) is 4.98 Å². The predicted octanol–water partition coefficient (Wildman–Crippen LogP) is 4.53. The van der Waals surface area contributed by atoms with Gasteiger partial charge in [-0.15, -0.1) is 0 Å². The molecule has 3 aromatic rings. The third-order valence-corrected chi connectivity index (χ3v) is 4.95. The van der Waals surface area contributed by atoms with Gasteiger partial charge in [0.05, 0.1) is 0 Å². The third-order valence-electron chi connectivity index (χ3n) is 4.14. The van der Waals surface area contributed by atoms with Gasteiger partial charge in [0.25, 0.3) is 11.1 Å². The topological polar surface area (TPSA) is 81.4 Å². The van der Waals surface area contributed by atoms with Crippen molar-refractivity contribution in [3.8, 4) is 0 Å². The highest BCUT2D eigenvalue weighted by molar-refractivity contribution is 7.99. The quantitative estimate of drug-likeness (QED) is 0.465. The third kappa shape index (κ3) is 4.92. The van der Waals surface area contributed by atoms with Crippen molar-refractivity contribution in [1.82, 2.24) is 4.98 Å². The van der Waals surface area contributed by atoms with E-state index in [1.165, 1.54) is 0 Å². The normalized spacial score (nSPS) is 11.0. The van der Waals surface area contributed by atoms with Crippen LogP contribution in [0.1, 0.15) is 30.9 Å². The number of carbonyl (C=O) groups is 2. The molecule has 1 N–H and O–H groups in total. The Kier molecular flexibility index (Phi) is 6.36. The average molecular weight is 398 g/mol. The number of aryl methyl sites for hydroxylation is 1. The summed E-state index contributed by atoms with van der Waals surface area (Å²) in [5.74, 6) is -0.583. The van der Waals surface area contributed by atoms with Crippen molar-refractivity contribution >= 4 is 40.4 Å². The average Bonchev–Trinajstić information content (AvgIpc) is 3.09. The molecule has 28 heavy (non-hydrogen) atoms. The maximum Gasteiger partial charge on any atom is 0.316 e. The van der Waals surface area contributed by atoms with Crippen LogP contribution in [0, 0.1) is 6.92 Å². The maximum absolute atomic E-state index is 12.2. The zero-order valence-corrected chi connectivity index (χ0v) is 16.8. The van der Waals surface area contributed by atoms with Crippen LogP contribution in [0.5, 0.6) is 0 Å². The van der Waals surface area contributed by atoms with E-state index < -0.39 is 5.97 Å². The zero-order valence-electron chi connectivity index (χ0n) is 16.0. The van der Waals surface area contributed by atoms with E-state index in [1.54, 1.807) is 0 Å². The molecule has 0 spiro atoms. The number of amides is 1. The van der Waals surface area contributed by atoms with Crippen molar-refractivity contribution in [3.05, 3.63) is 53.6 Å². The summed E-state index contributed by atoms with van der Waals surface area (Å²) in [6.07, 6.45) is 0. The second kappa shape index (κ2) is 8.93. The maximum atomic E-state index is 12.2. The van der Waals surface area contributed by atoms with Crippen molar-refractivity contribution in [2.45, 2.75) is 31.9 Å². The van der Waals surface area contributed by atoms with E-state index >= 15 is 0 Å². The molecule has 0 radical (unpaired) electrons. The highest BCUT2D eigenvalue weighted by atomic mass is 32.2. The van der Waals surface area contributed by atoms with Gasteiger partial charge in [-0.2, -0.15) is 0 Å². The summed E-state index contributed by atoms with van der Waals surface area (Å²) in [7, 11) is 0. The van der Waals surface area contributed by atoms with Crippen LogP contribution in [0.4, 0.5) is 5.69 Å². The molecule has 0 aliphatic rings. The van der Waals surface area contributed by atoms with Crippen LogP contribution in [-0.4, -0.2) is 29.2 Å². The predicted molar refractivity (Wildman–Crippen MR) is 110 cm³/mol. The first kappa shape index (κ1) is 19.9. The first-order valence-corrected chi connectivity index (χ1v) is 9.96. The zero-order chi connectivity index (χ0) is 20.1. The number of ether oxygens (including phenoxy) is 1. The Morgan fingerprint density at radius 1 is 1.18 bits per heavy atom. The molecule has 0 aliphatic heterocycles. The lowest BCUT2D eigenvalue weighted by molar-refractivity contribution is -0.144. The van der Waals surface area contributed by atoms with Crippen LogP contribution in [-0.2, 0) is 14.3 Å². The number of hydrogen-bond donors (Lipinski definition) is 1. The number of hydrogen-bond acceptors (Lipinski definition) is 6. The number of aromatic nitrogens is 1. The van der Waals surface area contributed by atoms with Gasteiger partial charge in [-0.1, -0.05) is 55.9 Å². The number of anilines is 1. The lowest BCUT2D eigenvalue weighted by Crippen LogP contribution is -2.22. The van der Waals surface area contributed by atoms with Gasteiger partial charge in [0.1, 0.15) is 11.3 Å². The second-order valence-corrected chi connectivity index (χ2v) is 7.57. The molecule has 0 aliphatic carbocycles. The summed E-state index contributed by atoms with van der Waals surface area (Å²) in [6, 6.07) is 13.2. The fourth-order valence-corrected chi connectivity index (χ4v) is 3.38. The summed E-state index contributed by atoms with van der Waals surface area (Å²) in [6.45, 7) is 5.73. The van der Waals surface area contributed by atoms with Crippen molar-refractivity contribution in [2.75, 3.05) is 17.7 Å². The second-order valence-electron chi connectivity index (χ2n) is 6.64. The minimum Gasteiger partial charge on any atom is -0.455 e. The molecule has 2 aromatic carbocycles. The lowest BCUT2D eigenvalue weighted by atomic mass is 9.98. The molecule has 0 bridgehead atoms. The summed E-state index contributed by atoms with van der Waals surface area (Å²) < 4.78 is 10.6. The number of thioether (sulfide) groups is 1. The Labute approximate surface area is 167 Å². The van der Waals surface area contributed by atoms with Crippen LogP contribution in [0.3, 0.4) is 0 Å². The smallest absolute Gasteiger partial charge is 0.316 e. The van der Waals surface area contributed by atoms with E-state index in [1.807, 2.05) is 49.4 Å². The fourth-order valence-electron chi connectivity index (χ4n) is 2.74. The number of esters is 1.